The largest absolute Gasteiger partial charge is 0.360 e. The molecule has 4 heterocycles. The molecule has 4 aromatic heterocycles. The maximum absolute atomic E-state index is 4.57. The molecule has 2 aromatic carbocycles. The van der Waals surface area contributed by atoms with Crippen molar-refractivity contribution in [3.8, 4) is 22.5 Å². The molecule has 0 amide bonds. The van der Waals surface area contributed by atoms with E-state index >= 15 is 0 Å². The molecule has 0 N–H and O–H groups in total. The molecule has 1 radical (unpaired) electrons. The van der Waals surface area contributed by atoms with Crippen molar-refractivity contribution < 1.29 is 20.1 Å². The third-order valence-electron chi connectivity index (χ3n) is 5.14. The number of pyridine rings is 3. The van der Waals surface area contributed by atoms with Gasteiger partial charge in [-0.25, -0.2) is 0 Å². The Morgan fingerprint density at radius 3 is 2.39 bits per heavy atom. The van der Waals surface area contributed by atoms with Crippen LogP contribution in [0.25, 0.3) is 42.7 Å². The van der Waals surface area contributed by atoms with Gasteiger partial charge in [0.2, 0.25) is 0 Å². The SMILES string of the molecule is Cc1ccn[c-]c1-c1cc2c(cn1)sc1ccccc12.[Ir].[c-]1ccccc1-c1ccccn1. The Kier molecular flexibility index (Phi) is 7.36. The van der Waals surface area contributed by atoms with Crippen LogP contribution in [0.5, 0.6) is 0 Å². The van der Waals surface area contributed by atoms with Crippen molar-refractivity contribution in [2.45, 2.75) is 6.92 Å². The Morgan fingerprint density at radius 1 is 0.758 bits per heavy atom. The third-order valence-corrected chi connectivity index (χ3v) is 6.26. The van der Waals surface area contributed by atoms with Gasteiger partial charge in [0.05, 0.1) is 4.70 Å². The summed E-state index contributed by atoms with van der Waals surface area (Å²) in [6.07, 6.45) is 8.55. The van der Waals surface area contributed by atoms with Crippen molar-refractivity contribution in [2.75, 3.05) is 0 Å². The molecule has 0 aliphatic heterocycles. The van der Waals surface area contributed by atoms with Gasteiger partial charge >= 0.3 is 0 Å². The summed E-state index contributed by atoms with van der Waals surface area (Å²) in [6.45, 7) is 2.06. The van der Waals surface area contributed by atoms with Crippen LogP contribution in [0.1, 0.15) is 5.56 Å². The van der Waals surface area contributed by atoms with E-state index in [0.29, 0.717) is 0 Å². The molecule has 0 aliphatic rings. The number of thiophene rings is 1. The molecule has 5 heteroatoms. The maximum atomic E-state index is 4.57. The fourth-order valence-corrected chi connectivity index (χ4v) is 4.58. The number of aryl methyl sites for hydroxylation is 1. The monoisotopic (exact) mass is 622 g/mol. The number of nitrogens with zero attached hydrogens (tertiary/aromatic N) is 3. The standard InChI is InChI=1S/C17H11N2S.C11H8N.Ir/c1-11-6-7-18-9-14(11)15-8-13-12-4-2-3-5-16(12)20-17(13)10-19-15;1-2-6-10(7-3-1)11-8-4-5-9-12-11;/h2-8,10H,1H3;1-6,8-9H;/q2*-1;. The van der Waals surface area contributed by atoms with Gasteiger partial charge in [-0.05, 0) is 40.5 Å². The van der Waals surface area contributed by atoms with Crippen molar-refractivity contribution >= 4 is 31.5 Å². The molecule has 3 nitrogen and oxygen atoms in total. The quantitative estimate of drug-likeness (QED) is 0.193. The van der Waals surface area contributed by atoms with E-state index in [2.05, 4.69) is 64.5 Å². The van der Waals surface area contributed by atoms with Crippen LogP contribution in [0.3, 0.4) is 0 Å². The molecule has 163 valence electrons. The average molecular weight is 622 g/mol. The Labute approximate surface area is 210 Å². The maximum Gasteiger partial charge on any atom is 0.0521 e. The Balaban J connectivity index is 0.000000172. The molecule has 6 rings (SSSR count). The minimum absolute atomic E-state index is 0. The normalized spacial score (nSPS) is 10.3. The van der Waals surface area contributed by atoms with Crippen molar-refractivity contribution in [1.82, 2.24) is 15.0 Å². The zero-order chi connectivity index (χ0) is 21.8. The van der Waals surface area contributed by atoms with E-state index in [0.717, 1.165) is 28.1 Å². The number of fused-ring (bicyclic) bond motifs is 3. The third kappa shape index (κ3) is 5.07. The second-order valence-electron chi connectivity index (χ2n) is 7.27. The molecule has 0 unspecified atom stereocenters. The molecule has 0 saturated heterocycles. The van der Waals surface area contributed by atoms with Crippen LogP contribution in [0.2, 0.25) is 0 Å². The first-order chi connectivity index (χ1) is 15.8. The van der Waals surface area contributed by atoms with Gasteiger partial charge in [-0.1, -0.05) is 49.5 Å². The first kappa shape index (κ1) is 22.9. The molecule has 0 aliphatic carbocycles. The summed E-state index contributed by atoms with van der Waals surface area (Å²) in [5.41, 5.74) is 5.07. The molecule has 0 spiro atoms. The van der Waals surface area contributed by atoms with Crippen molar-refractivity contribution in [1.29, 1.82) is 0 Å². The molecule has 0 saturated carbocycles. The van der Waals surface area contributed by atoms with Gasteiger partial charge in [-0.15, -0.1) is 64.4 Å². The number of hydrogen-bond donors (Lipinski definition) is 0. The van der Waals surface area contributed by atoms with Crippen LogP contribution >= 0.6 is 11.3 Å². The first-order valence-electron chi connectivity index (χ1n) is 10.3. The van der Waals surface area contributed by atoms with Crippen molar-refractivity contribution in [3.05, 3.63) is 115 Å². The second-order valence-corrected chi connectivity index (χ2v) is 8.35. The van der Waals surface area contributed by atoms with E-state index < -0.39 is 0 Å². The van der Waals surface area contributed by atoms with Crippen molar-refractivity contribution in [2.24, 2.45) is 0 Å². The van der Waals surface area contributed by atoms with Gasteiger partial charge in [0, 0.05) is 37.2 Å². The van der Waals surface area contributed by atoms with E-state index in [9.17, 15) is 0 Å². The topological polar surface area (TPSA) is 38.7 Å². The fraction of sp³-hybridized carbons (Fsp3) is 0.0357. The minimum Gasteiger partial charge on any atom is -0.360 e. The number of hydrogen-bond acceptors (Lipinski definition) is 4. The zero-order valence-electron chi connectivity index (χ0n) is 17.8. The minimum atomic E-state index is 0. The summed E-state index contributed by atoms with van der Waals surface area (Å²) in [6, 6.07) is 29.4. The Bertz CT molecular complexity index is 1440. The van der Waals surface area contributed by atoms with Crippen LogP contribution in [-0.4, -0.2) is 15.0 Å². The van der Waals surface area contributed by atoms with E-state index in [1.54, 1.807) is 23.7 Å². The fourth-order valence-electron chi connectivity index (χ4n) is 3.52. The predicted molar refractivity (Wildman–Crippen MR) is 132 cm³/mol. The molecular weight excluding hydrogens is 603 g/mol. The van der Waals surface area contributed by atoms with Gasteiger partial charge in [-0.2, -0.15) is 0 Å². The summed E-state index contributed by atoms with van der Waals surface area (Å²) in [4.78, 5) is 12.9. The van der Waals surface area contributed by atoms with E-state index in [4.69, 9.17) is 0 Å². The summed E-state index contributed by atoms with van der Waals surface area (Å²) in [5, 5.41) is 2.55. The number of aromatic nitrogens is 3. The molecule has 6 aromatic rings. The Morgan fingerprint density at radius 2 is 1.61 bits per heavy atom. The van der Waals surface area contributed by atoms with Crippen LogP contribution in [0, 0.1) is 19.2 Å². The van der Waals surface area contributed by atoms with Crippen LogP contribution < -0.4 is 0 Å². The summed E-state index contributed by atoms with van der Waals surface area (Å²) in [5.74, 6) is 0. The number of rotatable bonds is 2. The summed E-state index contributed by atoms with van der Waals surface area (Å²) in [7, 11) is 0. The van der Waals surface area contributed by atoms with Crippen LogP contribution in [0.4, 0.5) is 0 Å². The second kappa shape index (κ2) is 10.6. The van der Waals surface area contributed by atoms with Gasteiger partial charge in [0.15, 0.2) is 0 Å². The molecular formula is C28H19IrN3S-2. The van der Waals surface area contributed by atoms with Gasteiger partial charge in [0.1, 0.15) is 0 Å². The molecule has 0 fully saturated rings. The van der Waals surface area contributed by atoms with Crippen LogP contribution in [-0.2, 0) is 20.1 Å². The average Bonchev–Trinajstić information content (AvgIpc) is 3.24. The predicted octanol–water partition coefficient (Wildman–Crippen LogP) is 7.17. The summed E-state index contributed by atoms with van der Waals surface area (Å²) >= 11 is 1.78. The zero-order valence-corrected chi connectivity index (χ0v) is 21.0. The van der Waals surface area contributed by atoms with E-state index in [1.165, 1.54) is 20.2 Å². The van der Waals surface area contributed by atoms with Crippen LogP contribution in [0.15, 0.2) is 97.5 Å². The first-order valence-corrected chi connectivity index (χ1v) is 11.1. The van der Waals surface area contributed by atoms with E-state index in [1.807, 2.05) is 54.7 Å². The Hall–Kier alpha value is -3.24. The smallest absolute Gasteiger partial charge is 0.0521 e. The number of benzene rings is 2. The van der Waals surface area contributed by atoms with E-state index in [-0.39, 0.29) is 20.1 Å². The van der Waals surface area contributed by atoms with Gasteiger partial charge < -0.3 is 15.0 Å². The molecule has 33 heavy (non-hydrogen) atoms. The van der Waals surface area contributed by atoms with Gasteiger partial charge in [-0.3, -0.25) is 0 Å². The summed E-state index contributed by atoms with van der Waals surface area (Å²) < 4.78 is 2.52. The molecule has 0 atom stereocenters. The van der Waals surface area contributed by atoms with Crippen molar-refractivity contribution in [3.63, 3.8) is 0 Å². The molecule has 0 bridgehead atoms. The van der Waals surface area contributed by atoms with Gasteiger partial charge in [0.25, 0.3) is 0 Å².